The van der Waals surface area contributed by atoms with Gasteiger partial charge in [-0.3, -0.25) is 9.59 Å². The van der Waals surface area contributed by atoms with E-state index in [-0.39, 0.29) is 11.8 Å². The zero-order chi connectivity index (χ0) is 18.2. The Kier molecular flexibility index (Phi) is 6.34. The summed E-state index contributed by atoms with van der Waals surface area (Å²) in [4.78, 5) is 25.0. The quantitative estimate of drug-likeness (QED) is 0.817. The van der Waals surface area contributed by atoms with Crippen LogP contribution in [-0.2, 0) is 9.59 Å². The number of nitrogens with one attached hydrogen (secondary N) is 1. The van der Waals surface area contributed by atoms with E-state index in [1.165, 1.54) is 17.9 Å². The third-order valence-electron chi connectivity index (χ3n) is 3.59. The van der Waals surface area contributed by atoms with Gasteiger partial charge < -0.3 is 15.0 Å². The fourth-order valence-corrected chi connectivity index (χ4v) is 2.17. The Morgan fingerprint density at radius 3 is 2.52 bits per heavy atom. The smallest absolute Gasteiger partial charge is 0.248 e. The molecule has 0 saturated heterocycles. The van der Waals surface area contributed by atoms with Crippen LogP contribution < -0.4 is 15.0 Å². The van der Waals surface area contributed by atoms with Gasteiger partial charge in [0.15, 0.2) is 0 Å². The first-order valence-electron chi connectivity index (χ1n) is 8.06. The summed E-state index contributed by atoms with van der Waals surface area (Å²) in [6.07, 6.45) is 3.20. The van der Waals surface area contributed by atoms with Crippen LogP contribution in [0.3, 0.4) is 0 Å². The topological polar surface area (TPSA) is 58.6 Å². The molecule has 0 unspecified atom stereocenters. The molecule has 1 N–H and O–H groups in total. The molecule has 0 heterocycles. The number of rotatable bonds is 6. The van der Waals surface area contributed by atoms with Crippen LogP contribution in [0.25, 0.3) is 6.08 Å². The molecule has 2 aromatic carbocycles. The number of carbonyl (C=O) groups excluding carboxylic acids is 2. The molecule has 0 saturated carbocycles. The van der Waals surface area contributed by atoms with Crippen molar-refractivity contribution in [3.8, 4) is 5.75 Å². The minimum absolute atomic E-state index is 0.0705. The van der Waals surface area contributed by atoms with Crippen LogP contribution in [0.15, 0.2) is 54.6 Å². The summed E-state index contributed by atoms with van der Waals surface area (Å²) in [6, 6.07) is 14.6. The first-order valence-corrected chi connectivity index (χ1v) is 8.06. The highest BCUT2D eigenvalue weighted by Crippen LogP contribution is 2.19. The van der Waals surface area contributed by atoms with Crippen molar-refractivity contribution in [2.45, 2.75) is 13.8 Å². The number of ether oxygens (including phenoxy) is 1. The van der Waals surface area contributed by atoms with E-state index < -0.39 is 0 Å². The molecule has 5 nitrogen and oxygen atoms in total. The van der Waals surface area contributed by atoms with Crippen molar-refractivity contribution in [2.75, 3.05) is 23.9 Å². The normalized spacial score (nSPS) is 10.5. The van der Waals surface area contributed by atoms with E-state index in [1.807, 2.05) is 37.3 Å². The Hall–Kier alpha value is -3.08. The summed E-state index contributed by atoms with van der Waals surface area (Å²) in [5.41, 5.74) is 2.26. The van der Waals surface area contributed by atoms with E-state index in [4.69, 9.17) is 4.74 Å². The molecule has 0 bridgehead atoms. The van der Waals surface area contributed by atoms with Gasteiger partial charge in [-0.15, -0.1) is 0 Å². The second-order valence-corrected chi connectivity index (χ2v) is 5.45. The average molecular weight is 338 g/mol. The van der Waals surface area contributed by atoms with Crippen molar-refractivity contribution in [1.82, 2.24) is 0 Å². The molecule has 0 atom stereocenters. The van der Waals surface area contributed by atoms with Gasteiger partial charge in [0.05, 0.1) is 6.61 Å². The number of hydrogen-bond donors (Lipinski definition) is 1. The monoisotopic (exact) mass is 338 g/mol. The Morgan fingerprint density at radius 2 is 1.88 bits per heavy atom. The first-order chi connectivity index (χ1) is 12.0. The van der Waals surface area contributed by atoms with Gasteiger partial charge in [-0.05, 0) is 48.9 Å². The van der Waals surface area contributed by atoms with Crippen molar-refractivity contribution < 1.29 is 14.3 Å². The predicted molar refractivity (Wildman–Crippen MR) is 101 cm³/mol. The van der Waals surface area contributed by atoms with Crippen molar-refractivity contribution in [3.05, 3.63) is 60.2 Å². The summed E-state index contributed by atoms with van der Waals surface area (Å²) in [5.74, 6) is 0.492. The standard InChI is InChI=1S/C20H22N2O3/c1-4-25-19-11-8-16(9-12-19)10-13-20(24)21-17-6-5-7-18(14-17)22(3)15(2)23/h5-14H,4H2,1-3H3,(H,21,24)/b13-10+. The molecule has 2 aromatic rings. The highest BCUT2D eigenvalue weighted by molar-refractivity contribution is 6.02. The molecule has 0 spiro atoms. The van der Waals surface area contributed by atoms with Crippen molar-refractivity contribution in [1.29, 1.82) is 0 Å². The van der Waals surface area contributed by atoms with E-state index in [1.54, 1.807) is 31.3 Å². The van der Waals surface area contributed by atoms with Gasteiger partial charge in [0, 0.05) is 31.4 Å². The summed E-state index contributed by atoms with van der Waals surface area (Å²) >= 11 is 0. The molecule has 0 aliphatic carbocycles. The molecular formula is C20H22N2O3. The molecule has 0 radical (unpaired) electrons. The van der Waals surface area contributed by atoms with Gasteiger partial charge in [-0.25, -0.2) is 0 Å². The number of carbonyl (C=O) groups is 2. The summed E-state index contributed by atoms with van der Waals surface area (Å²) in [6.45, 7) is 4.04. The summed E-state index contributed by atoms with van der Waals surface area (Å²) < 4.78 is 5.38. The highest BCUT2D eigenvalue weighted by atomic mass is 16.5. The lowest BCUT2D eigenvalue weighted by Gasteiger charge is -2.15. The number of anilines is 2. The highest BCUT2D eigenvalue weighted by Gasteiger charge is 2.06. The van der Waals surface area contributed by atoms with E-state index in [9.17, 15) is 9.59 Å². The second kappa shape index (κ2) is 8.68. The Morgan fingerprint density at radius 1 is 1.16 bits per heavy atom. The van der Waals surface area contributed by atoms with Crippen LogP contribution in [0.2, 0.25) is 0 Å². The Labute approximate surface area is 147 Å². The fourth-order valence-electron chi connectivity index (χ4n) is 2.17. The maximum atomic E-state index is 12.1. The molecule has 5 heteroatoms. The zero-order valence-corrected chi connectivity index (χ0v) is 14.7. The lowest BCUT2D eigenvalue weighted by Crippen LogP contribution is -2.22. The first kappa shape index (κ1) is 18.3. The van der Waals surface area contributed by atoms with E-state index in [0.29, 0.717) is 12.3 Å². The second-order valence-electron chi connectivity index (χ2n) is 5.45. The number of nitrogens with zero attached hydrogens (tertiary/aromatic N) is 1. The molecule has 130 valence electrons. The zero-order valence-electron chi connectivity index (χ0n) is 14.7. The van der Waals surface area contributed by atoms with Gasteiger partial charge in [0.1, 0.15) is 5.75 Å². The Bertz CT molecular complexity index is 767. The van der Waals surface area contributed by atoms with Gasteiger partial charge in [0.2, 0.25) is 11.8 Å². The van der Waals surface area contributed by atoms with Crippen LogP contribution in [0.4, 0.5) is 11.4 Å². The number of benzene rings is 2. The third-order valence-corrected chi connectivity index (χ3v) is 3.59. The molecule has 25 heavy (non-hydrogen) atoms. The minimum Gasteiger partial charge on any atom is -0.494 e. The van der Waals surface area contributed by atoms with Crippen molar-refractivity contribution >= 4 is 29.3 Å². The van der Waals surface area contributed by atoms with E-state index >= 15 is 0 Å². The molecule has 0 aliphatic heterocycles. The van der Waals surface area contributed by atoms with Gasteiger partial charge in [0.25, 0.3) is 0 Å². The summed E-state index contributed by atoms with van der Waals surface area (Å²) in [5, 5.41) is 2.79. The third kappa shape index (κ3) is 5.49. The van der Waals surface area contributed by atoms with E-state index in [0.717, 1.165) is 17.0 Å². The summed E-state index contributed by atoms with van der Waals surface area (Å²) in [7, 11) is 1.69. The molecule has 0 fully saturated rings. The van der Waals surface area contributed by atoms with E-state index in [2.05, 4.69) is 5.32 Å². The lowest BCUT2D eigenvalue weighted by molar-refractivity contribution is -0.116. The molecule has 0 aromatic heterocycles. The minimum atomic E-state index is -0.239. The van der Waals surface area contributed by atoms with Crippen LogP contribution in [0.5, 0.6) is 5.75 Å². The van der Waals surface area contributed by atoms with Gasteiger partial charge in [-0.1, -0.05) is 18.2 Å². The number of hydrogen-bond acceptors (Lipinski definition) is 3. The number of amides is 2. The SMILES string of the molecule is CCOc1ccc(/C=C/C(=O)Nc2cccc(N(C)C(C)=O)c2)cc1. The van der Waals surface area contributed by atoms with Crippen LogP contribution >= 0.6 is 0 Å². The maximum absolute atomic E-state index is 12.1. The van der Waals surface area contributed by atoms with Gasteiger partial charge in [-0.2, -0.15) is 0 Å². The van der Waals surface area contributed by atoms with Gasteiger partial charge >= 0.3 is 0 Å². The maximum Gasteiger partial charge on any atom is 0.248 e. The molecule has 2 rings (SSSR count). The van der Waals surface area contributed by atoms with Crippen molar-refractivity contribution in [2.24, 2.45) is 0 Å². The van der Waals surface area contributed by atoms with Crippen LogP contribution in [0, 0.1) is 0 Å². The molecule has 0 aliphatic rings. The Balaban J connectivity index is 2.00. The van der Waals surface area contributed by atoms with Crippen LogP contribution in [0.1, 0.15) is 19.4 Å². The van der Waals surface area contributed by atoms with Crippen LogP contribution in [-0.4, -0.2) is 25.5 Å². The predicted octanol–water partition coefficient (Wildman–Crippen LogP) is 3.72. The molecular weight excluding hydrogens is 316 g/mol. The largest absolute Gasteiger partial charge is 0.494 e. The lowest BCUT2D eigenvalue weighted by atomic mass is 10.2. The average Bonchev–Trinajstić information content (AvgIpc) is 2.61. The molecule has 2 amide bonds. The van der Waals surface area contributed by atoms with Crippen molar-refractivity contribution in [3.63, 3.8) is 0 Å². The fraction of sp³-hybridized carbons (Fsp3) is 0.200.